The number of rotatable bonds is 4. The molecule has 4 atom stereocenters. The summed E-state index contributed by atoms with van der Waals surface area (Å²) in [6, 6.07) is 9.02. The van der Waals surface area contributed by atoms with Gasteiger partial charge in [-0.15, -0.1) is 0 Å². The molecule has 2 aliphatic carbocycles. The highest BCUT2D eigenvalue weighted by Crippen LogP contribution is 2.54. The van der Waals surface area contributed by atoms with E-state index in [1.54, 1.807) is 0 Å². The molecule has 0 bridgehead atoms. The second-order valence-corrected chi connectivity index (χ2v) is 7.67. The van der Waals surface area contributed by atoms with Crippen molar-refractivity contribution < 1.29 is 0 Å². The Morgan fingerprint density at radius 3 is 2.42 bits per heavy atom. The standard InChI is InChI=1S/C20H24ClN3/c1-13-22-10-14(11-23-13)12-24-20-18-5-3-2-4-17(18)19(20)15-6-8-16(21)9-7-15/h6-11,17-20,24H,2-5,12H2,1H3/t17-,18-,19+,20+/m1/s1. The Morgan fingerprint density at radius 1 is 1.04 bits per heavy atom. The first kappa shape index (κ1) is 16.0. The summed E-state index contributed by atoms with van der Waals surface area (Å²) in [5.41, 5.74) is 2.59. The van der Waals surface area contributed by atoms with E-state index >= 15 is 0 Å². The zero-order valence-electron chi connectivity index (χ0n) is 14.1. The van der Waals surface area contributed by atoms with Crippen LogP contribution in [0.5, 0.6) is 0 Å². The molecule has 0 saturated heterocycles. The van der Waals surface area contributed by atoms with E-state index in [1.165, 1.54) is 31.2 Å². The van der Waals surface area contributed by atoms with E-state index in [2.05, 4.69) is 27.4 Å². The fourth-order valence-electron chi connectivity index (χ4n) is 4.63. The van der Waals surface area contributed by atoms with Crippen LogP contribution in [0.25, 0.3) is 0 Å². The Bertz CT molecular complexity index is 683. The van der Waals surface area contributed by atoms with Crippen LogP contribution in [-0.4, -0.2) is 16.0 Å². The minimum atomic E-state index is 0.553. The Labute approximate surface area is 148 Å². The Hall–Kier alpha value is -1.45. The third-order valence-corrected chi connectivity index (χ3v) is 6.07. The van der Waals surface area contributed by atoms with Crippen LogP contribution in [0.4, 0.5) is 0 Å². The highest BCUT2D eigenvalue weighted by Gasteiger charge is 2.50. The average Bonchev–Trinajstić information content (AvgIpc) is 2.59. The van der Waals surface area contributed by atoms with Crippen molar-refractivity contribution in [2.24, 2.45) is 11.8 Å². The van der Waals surface area contributed by atoms with Crippen molar-refractivity contribution in [3.63, 3.8) is 0 Å². The van der Waals surface area contributed by atoms with Gasteiger partial charge in [-0.1, -0.05) is 36.6 Å². The topological polar surface area (TPSA) is 37.8 Å². The van der Waals surface area contributed by atoms with Crippen molar-refractivity contribution in [3.8, 4) is 0 Å². The summed E-state index contributed by atoms with van der Waals surface area (Å²) in [6.07, 6.45) is 9.35. The molecule has 0 aliphatic heterocycles. The van der Waals surface area contributed by atoms with E-state index in [-0.39, 0.29) is 0 Å². The number of halogens is 1. The second kappa shape index (κ2) is 6.81. The molecule has 126 valence electrons. The van der Waals surface area contributed by atoms with Gasteiger partial charge in [0.2, 0.25) is 0 Å². The molecule has 2 aliphatic rings. The maximum Gasteiger partial charge on any atom is 0.125 e. The van der Waals surface area contributed by atoms with Gasteiger partial charge in [-0.25, -0.2) is 9.97 Å². The summed E-state index contributed by atoms with van der Waals surface area (Å²) in [5.74, 6) is 3.07. The Morgan fingerprint density at radius 2 is 1.71 bits per heavy atom. The lowest BCUT2D eigenvalue weighted by atomic mass is 9.53. The highest BCUT2D eigenvalue weighted by atomic mass is 35.5. The quantitative estimate of drug-likeness (QED) is 0.889. The summed E-state index contributed by atoms with van der Waals surface area (Å²) in [4.78, 5) is 8.61. The first-order valence-corrected chi connectivity index (χ1v) is 9.36. The molecule has 0 unspecified atom stereocenters. The van der Waals surface area contributed by atoms with Gasteiger partial charge in [-0.3, -0.25) is 0 Å². The molecule has 2 saturated carbocycles. The summed E-state index contributed by atoms with van der Waals surface area (Å²) in [6.45, 7) is 2.77. The third-order valence-electron chi connectivity index (χ3n) is 5.82. The number of nitrogens with one attached hydrogen (secondary N) is 1. The van der Waals surface area contributed by atoms with Gasteiger partial charge < -0.3 is 5.32 Å². The number of hydrogen-bond donors (Lipinski definition) is 1. The zero-order chi connectivity index (χ0) is 16.5. The molecule has 0 spiro atoms. The number of nitrogens with zero attached hydrogens (tertiary/aromatic N) is 2. The predicted octanol–water partition coefficient (Wildman–Crippen LogP) is 4.50. The smallest absolute Gasteiger partial charge is 0.125 e. The molecule has 1 aromatic heterocycles. The largest absolute Gasteiger partial charge is 0.309 e. The minimum Gasteiger partial charge on any atom is -0.309 e. The summed E-state index contributed by atoms with van der Waals surface area (Å²) in [5, 5.41) is 4.62. The van der Waals surface area contributed by atoms with Crippen LogP contribution in [0.3, 0.4) is 0 Å². The van der Waals surface area contributed by atoms with E-state index in [0.29, 0.717) is 12.0 Å². The van der Waals surface area contributed by atoms with Crippen LogP contribution in [0.2, 0.25) is 5.02 Å². The molecule has 2 aromatic rings. The molecule has 1 aromatic carbocycles. The first-order valence-electron chi connectivity index (χ1n) is 8.99. The van der Waals surface area contributed by atoms with E-state index in [1.807, 2.05) is 31.5 Å². The van der Waals surface area contributed by atoms with Gasteiger partial charge in [0.25, 0.3) is 0 Å². The van der Waals surface area contributed by atoms with E-state index in [0.717, 1.165) is 34.8 Å². The fourth-order valence-corrected chi connectivity index (χ4v) is 4.76. The van der Waals surface area contributed by atoms with E-state index in [9.17, 15) is 0 Å². The lowest BCUT2D eigenvalue weighted by Crippen LogP contribution is -2.57. The molecule has 4 rings (SSSR count). The normalized spacial score (nSPS) is 28.9. The van der Waals surface area contributed by atoms with Gasteiger partial charge in [-0.05, 0) is 49.3 Å². The second-order valence-electron chi connectivity index (χ2n) is 7.23. The van der Waals surface area contributed by atoms with E-state index < -0.39 is 0 Å². The van der Waals surface area contributed by atoms with Crippen molar-refractivity contribution in [2.75, 3.05) is 0 Å². The van der Waals surface area contributed by atoms with Crippen molar-refractivity contribution in [1.82, 2.24) is 15.3 Å². The van der Waals surface area contributed by atoms with E-state index in [4.69, 9.17) is 11.6 Å². The monoisotopic (exact) mass is 341 g/mol. The van der Waals surface area contributed by atoms with Gasteiger partial charge in [-0.2, -0.15) is 0 Å². The van der Waals surface area contributed by atoms with Gasteiger partial charge in [0.05, 0.1) is 0 Å². The van der Waals surface area contributed by atoms with Crippen LogP contribution < -0.4 is 5.32 Å². The number of hydrogen-bond acceptors (Lipinski definition) is 3. The molecular formula is C20H24ClN3. The Balaban J connectivity index is 1.50. The molecular weight excluding hydrogens is 318 g/mol. The number of aryl methyl sites for hydroxylation is 1. The molecule has 1 heterocycles. The predicted molar refractivity (Wildman–Crippen MR) is 97.0 cm³/mol. The Kier molecular flexibility index (Phi) is 4.55. The maximum atomic E-state index is 6.08. The molecule has 4 heteroatoms. The lowest BCUT2D eigenvalue weighted by Gasteiger charge is -2.55. The number of aromatic nitrogens is 2. The minimum absolute atomic E-state index is 0.553. The molecule has 24 heavy (non-hydrogen) atoms. The summed E-state index contributed by atoms with van der Waals surface area (Å²) < 4.78 is 0. The molecule has 0 amide bonds. The van der Waals surface area contributed by atoms with Crippen LogP contribution in [0.15, 0.2) is 36.7 Å². The van der Waals surface area contributed by atoms with Crippen molar-refractivity contribution in [1.29, 1.82) is 0 Å². The van der Waals surface area contributed by atoms with Crippen LogP contribution >= 0.6 is 11.6 Å². The zero-order valence-corrected chi connectivity index (χ0v) is 14.8. The van der Waals surface area contributed by atoms with Crippen LogP contribution in [0, 0.1) is 18.8 Å². The fraction of sp³-hybridized carbons (Fsp3) is 0.500. The van der Waals surface area contributed by atoms with Crippen LogP contribution in [0.1, 0.15) is 48.6 Å². The number of fused-ring (bicyclic) bond motifs is 1. The molecule has 0 radical (unpaired) electrons. The lowest BCUT2D eigenvalue weighted by molar-refractivity contribution is 0.0254. The van der Waals surface area contributed by atoms with Crippen molar-refractivity contribution >= 4 is 11.6 Å². The van der Waals surface area contributed by atoms with Crippen LogP contribution in [-0.2, 0) is 6.54 Å². The van der Waals surface area contributed by atoms with Gasteiger partial charge in [0, 0.05) is 41.5 Å². The van der Waals surface area contributed by atoms with Gasteiger partial charge in [0.15, 0.2) is 0 Å². The van der Waals surface area contributed by atoms with Crippen molar-refractivity contribution in [3.05, 3.63) is 58.6 Å². The summed E-state index contributed by atoms with van der Waals surface area (Å²) in [7, 11) is 0. The third kappa shape index (κ3) is 3.07. The first-order chi connectivity index (χ1) is 11.7. The molecule has 2 fully saturated rings. The molecule has 3 nitrogen and oxygen atoms in total. The number of benzene rings is 1. The average molecular weight is 342 g/mol. The van der Waals surface area contributed by atoms with Gasteiger partial charge in [0.1, 0.15) is 5.82 Å². The maximum absolute atomic E-state index is 6.08. The van der Waals surface area contributed by atoms with Gasteiger partial charge >= 0.3 is 0 Å². The SMILES string of the molecule is Cc1ncc(CN[C@H]2[C@@H]3CCCC[C@H]3[C@@H]2c2ccc(Cl)cc2)cn1. The highest BCUT2D eigenvalue weighted by molar-refractivity contribution is 6.30. The van der Waals surface area contributed by atoms with Crippen molar-refractivity contribution in [2.45, 2.75) is 51.1 Å². The molecule has 1 N–H and O–H groups in total. The summed E-state index contributed by atoms with van der Waals surface area (Å²) >= 11 is 6.08.